The van der Waals surface area contributed by atoms with Crippen molar-refractivity contribution in [1.82, 2.24) is 10.3 Å². The van der Waals surface area contributed by atoms with Gasteiger partial charge in [0.1, 0.15) is 11.4 Å². The number of anilines is 1. The molecule has 6 heteroatoms. The highest BCUT2D eigenvalue weighted by Crippen LogP contribution is 2.20. The number of aromatic nitrogens is 1. The van der Waals surface area contributed by atoms with Gasteiger partial charge in [0.05, 0.1) is 0 Å². The van der Waals surface area contributed by atoms with Crippen LogP contribution in [0.15, 0.2) is 49.1 Å². The van der Waals surface area contributed by atoms with Crippen LogP contribution in [-0.2, 0) is 0 Å². The summed E-state index contributed by atoms with van der Waals surface area (Å²) in [5, 5.41) is 5.87. The highest BCUT2D eigenvalue weighted by Gasteiger charge is 2.12. The fourth-order valence-corrected chi connectivity index (χ4v) is 1.99. The summed E-state index contributed by atoms with van der Waals surface area (Å²) in [5.74, 6) is -0.777. The number of rotatable bonds is 5. The van der Waals surface area contributed by atoms with Gasteiger partial charge < -0.3 is 10.6 Å². The van der Waals surface area contributed by atoms with E-state index in [1.807, 2.05) is 13.0 Å². The Morgan fingerprint density at radius 3 is 2.57 bits per heavy atom. The molecule has 2 N–H and O–H groups in total. The van der Waals surface area contributed by atoms with E-state index in [1.165, 1.54) is 12.1 Å². The maximum Gasteiger partial charge on any atom is 0.274 e. The topological polar surface area (TPSA) is 71.1 Å². The van der Waals surface area contributed by atoms with Crippen molar-refractivity contribution in [3.8, 4) is 0 Å². The van der Waals surface area contributed by atoms with Crippen LogP contribution in [0.4, 0.5) is 5.69 Å². The molecular weight excluding hydrogens is 314 g/mol. The summed E-state index contributed by atoms with van der Waals surface area (Å²) in [6, 6.07) is 9.90. The second kappa shape index (κ2) is 7.56. The van der Waals surface area contributed by atoms with Gasteiger partial charge in [-0.1, -0.05) is 29.8 Å². The number of nitrogens with one attached hydrogen (secondary N) is 2. The van der Waals surface area contributed by atoms with Crippen molar-refractivity contribution in [2.24, 2.45) is 0 Å². The number of aryl methyl sites for hydroxylation is 1. The first-order valence-corrected chi connectivity index (χ1v) is 7.32. The van der Waals surface area contributed by atoms with Crippen LogP contribution in [0.5, 0.6) is 0 Å². The van der Waals surface area contributed by atoms with Crippen molar-refractivity contribution in [3.05, 3.63) is 71.0 Å². The summed E-state index contributed by atoms with van der Waals surface area (Å²) in [7, 11) is 0. The molecule has 2 aromatic rings. The van der Waals surface area contributed by atoms with E-state index in [1.54, 1.807) is 24.3 Å². The highest BCUT2D eigenvalue weighted by molar-refractivity contribution is 6.31. The van der Waals surface area contributed by atoms with Crippen LogP contribution in [0.25, 0.3) is 0 Å². The summed E-state index contributed by atoms with van der Waals surface area (Å²) < 4.78 is 0. The van der Waals surface area contributed by atoms with Crippen molar-refractivity contribution in [3.63, 3.8) is 0 Å². The first-order valence-electron chi connectivity index (χ1n) is 6.95. The van der Waals surface area contributed by atoms with E-state index in [9.17, 15) is 9.59 Å². The molecule has 0 atom stereocenters. The molecular formula is C17H16ClN3O2. The van der Waals surface area contributed by atoms with Crippen LogP contribution in [-0.4, -0.2) is 23.3 Å². The molecule has 0 fully saturated rings. The van der Waals surface area contributed by atoms with E-state index in [0.717, 1.165) is 5.56 Å². The standard InChI is InChI=1S/C17H16ClN3O2/c1-3-9-19-16(22)14-5-4-6-15(21-14)17(23)20-12-8-7-11(2)13(18)10-12/h3-8,10H,1,9H2,2H3,(H,19,22)(H,20,23). The minimum absolute atomic E-state index is 0.146. The molecule has 1 heterocycles. The van der Waals surface area contributed by atoms with Crippen molar-refractivity contribution in [2.45, 2.75) is 6.92 Å². The zero-order valence-corrected chi connectivity index (χ0v) is 13.4. The first-order chi connectivity index (χ1) is 11.0. The van der Waals surface area contributed by atoms with Gasteiger partial charge in [0.25, 0.3) is 11.8 Å². The Morgan fingerprint density at radius 2 is 1.91 bits per heavy atom. The second-order valence-corrected chi connectivity index (χ2v) is 5.23. The molecule has 1 aromatic carbocycles. The summed E-state index contributed by atoms with van der Waals surface area (Å²) in [5.41, 5.74) is 1.80. The Hall–Kier alpha value is -2.66. The Balaban J connectivity index is 2.14. The predicted molar refractivity (Wildman–Crippen MR) is 90.9 cm³/mol. The van der Waals surface area contributed by atoms with Crippen LogP contribution < -0.4 is 10.6 Å². The van der Waals surface area contributed by atoms with Gasteiger partial charge in [0, 0.05) is 17.3 Å². The lowest BCUT2D eigenvalue weighted by Crippen LogP contribution is -2.25. The van der Waals surface area contributed by atoms with E-state index >= 15 is 0 Å². The zero-order valence-electron chi connectivity index (χ0n) is 12.6. The maximum absolute atomic E-state index is 12.2. The number of amides is 2. The van der Waals surface area contributed by atoms with Gasteiger partial charge >= 0.3 is 0 Å². The molecule has 23 heavy (non-hydrogen) atoms. The number of nitrogens with zero attached hydrogens (tertiary/aromatic N) is 1. The number of benzene rings is 1. The molecule has 118 valence electrons. The van der Waals surface area contributed by atoms with Crippen LogP contribution in [0.3, 0.4) is 0 Å². The Bertz CT molecular complexity index is 759. The molecule has 0 saturated heterocycles. The fourth-order valence-electron chi connectivity index (χ4n) is 1.81. The maximum atomic E-state index is 12.2. The quantitative estimate of drug-likeness (QED) is 0.827. The minimum atomic E-state index is -0.414. The molecule has 0 radical (unpaired) electrons. The molecule has 0 bridgehead atoms. The van der Waals surface area contributed by atoms with Crippen molar-refractivity contribution in [2.75, 3.05) is 11.9 Å². The molecule has 0 unspecified atom stereocenters. The van der Waals surface area contributed by atoms with Crippen molar-refractivity contribution < 1.29 is 9.59 Å². The van der Waals surface area contributed by atoms with E-state index in [4.69, 9.17) is 11.6 Å². The van der Waals surface area contributed by atoms with E-state index in [0.29, 0.717) is 17.3 Å². The Labute approximate surface area is 139 Å². The second-order valence-electron chi connectivity index (χ2n) is 4.82. The van der Waals surface area contributed by atoms with Gasteiger partial charge in [-0.15, -0.1) is 6.58 Å². The van der Waals surface area contributed by atoms with Gasteiger partial charge in [-0.3, -0.25) is 9.59 Å². The van der Waals surface area contributed by atoms with Gasteiger partial charge in [0.15, 0.2) is 0 Å². The van der Waals surface area contributed by atoms with Gasteiger partial charge in [0.2, 0.25) is 0 Å². The number of pyridine rings is 1. The predicted octanol–water partition coefficient (Wildman–Crippen LogP) is 3.21. The summed E-state index contributed by atoms with van der Waals surface area (Å²) in [6.07, 6.45) is 1.57. The lowest BCUT2D eigenvalue weighted by Gasteiger charge is -2.07. The largest absolute Gasteiger partial charge is 0.347 e. The third-order valence-electron chi connectivity index (χ3n) is 3.05. The van der Waals surface area contributed by atoms with Gasteiger partial charge in [-0.05, 0) is 36.8 Å². The molecule has 0 saturated carbocycles. The van der Waals surface area contributed by atoms with E-state index in [-0.39, 0.29) is 17.3 Å². The number of carbonyl (C=O) groups is 2. The first kappa shape index (κ1) is 16.7. The smallest absolute Gasteiger partial charge is 0.274 e. The normalized spacial score (nSPS) is 10.0. The Morgan fingerprint density at radius 1 is 1.22 bits per heavy atom. The lowest BCUT2D eigenvalue weighted by atomic mass is 10.2. The van der Waals surface area contributed by atoms with E-state index in [2.05, 4.69) is 22.2 Å². The fraction of sp³-hybridized carbons (Fsp3) is 0.118. The molecule has 0 aliphatic heterocycles. The molecule has 2 amide bonds. The molecule has 0 aliphatic rings. The van der Waals surface area contributed by atoms with E-state index < -0.39 is 5.91 Å². The zero-order chi connectivity index (χ0) is 16.8. The summed E-state index contributed by atoms with van der Waals surface area (Å²) >= 11 is 6.03. The van der Waals surface area contributed by atoms with Crippen LogP contribution in [0.2, 0.25) is 5.02 Å². The summed E-state index contributed by atoms with van der Waals surface area (Å²) in [6.45, 7) is 5.73. The number of halogens is 1. The number of carbonyl (C=O) groups excluding carboxylic acids is 2. The average Bonchev–Trinajstić information content (AvgIpc) is 2.56. The van der Waals surface area contributed by atoms with Crippen LogP contribution in [0, 0.1) is 6.92 Å². The van der Waals surface area contributed by atoms with Crippen LogP contribution in [0.1, 0.15) is 26.5 Å². The Kier molecular flexibility index (Phi) is 5.49. The van der Waals surface area contributed by atoms with Gasteiger partial charge in [-0.25, -0.2) is 4.98 Å². The molecule has 5 nitrogen and oxygen atoms in total. The number of hydrogen-bond acceptors (Lipinski definition) is 3. The van der Waals surface area contributed by atoms with Crippen molar-refractivity contribution >= 4 is 29.1 Å². The average molecular weight is 330 g/mol. The molecule has 0 aliphatic carbocycles. The minimum Gasteiger partial charge on any atom is -0.347 e. The molecule has 2 rings (SSSR count). The monoisotopic (exact) mass is 329 g/mol. The third kappa shape index (κ3) is 4.40. The van der Waals surface area contributed by atoms with Crippen molar-refractivity contribution in [1.29, 1.82) is 0 Å². The summed E-state index contributed by atoms with van der Waals surface area (Å²) in [4.78, 5) is 28.2. The highest BCUT2D eigenvalue weighted by atomic mass is 35.5. The SMILES string of the molecule is C=CCNC(=O)c1cccc(C(=O)Nc2ccc(C)c(Cl)c2)n1. The lowest BCUT2D eigenvalue weighted by molar-refractivity contribution is 0.0953. The number of hydrogen-bond donors (Lipinski definition) is 2. The van der Waals surface area contributed by atoms with Gasteiger partial charge in [-0.2, -0.15) is 0 Å². The third-order valence-corrected chi connectivity index (χ3v) is 3.46. The van der Waals surface area contributed by atoms with Crippen LogP contribution >= 0.6 is 11.6 Å². The molecule has 0 spiro atoms. The molecule has 1 aromatic heterocycles.